The van der Waals surface area contributed by atoms with E-state index in [9.17, 15) is 8.42 Å². The van der Waals surface area contributed by atoms with E-state index in [0.717, 1.165) is 51.3 Å². The largest absolute Gasteiger partial charge is 0.382 e. The molecule has 2 N–H and O–H groups in total. The van der Waals surface area contributed by atoms with Crippen molar-refractivity contribution in [2.24, 2.45) is 0 Å². The summed E-state index contributed by atoms with van der Waals surface area (Å²) in [7, 11) is -3.12. The molecule has 0 aliphatic carbocycles. The summed E-state index contributed by atoms with van der Waals surface area (Å²) in [6.07, 6.45) is 7.10. The van der Waals surface area contributed by atoms with Crippen LogP contribution in [0.25, 0.3) is 32.8 Å². The van der Waals surface area contributed by atoms with Gasteiger partial charge in [0.2, 0.25) is 10.0 Å². The molecule has 7 nitrogen and oxygen atoms in total. The molecule has 160 valence electrons. The van der Waals surface area contributed by atoms with Gasteiger partial charge >= 0.3 is 0 Å². The van der Waals surface area contributed by atoms with E-state index < -0.39 is 10.0 Å². The summed E-state index contributed by atoms with van der Waals surface area (Å²) >= 11 is 0. The fourth-order valence-corrected chi connectivity index (χ4v) is 5.42. The molecule has 0 bridgehead atoms. The van der Waals surface area contributed by atoms with Crippen molar-refractivity contribution in [2.45, 2.75) is 25.8 Å². The Kier molecular flexibility index (Phi) is 5.11. The third kappa shape index (κ3) is 3.88. The first-order valence-electron chi connectivity index (χ1n) is 10.6. The summed E-state index contributed by atoms with van der Waals surface area (Å²) in [6, 6.07) is 12.9. The Morgan fingerprint density at radius 2 is 1.87 bits per heavy atom. The van der Waals surface area contributed by atoms with Crippen LogP contribution in [0.4, 0.5) is 5.69 Å². The summed E-state index contributed by atoms with van der Waals surface area (Å²) in [5.41, 5.74) is 4.29. The van der Waals surface area contributed by atoms with Crippen LogP contribution in [-0.4, -0.2) is 52.8 Å². The standard InChI is InChI=1S/C23H25N5O2S/c1-2-31(29,30)28-9-6-20(7-10-28)26-23-13-18(12-17-5-8-24-15-21(17)23)16-3-4-22-19(11-16)14-25-27-22/h3-5,8,11-15,20,26H,2,6-7,9-10H2,1H3,(H,25,27). The number of hydrogen-bond donors (Lipinski definition) is 2. The van der Waals surface area contributed by atoms with E-state index in [2.05, 4.69) is 44.8 Å². The quantitative estimate of drug-likeness (QED) is 0.494. The zero-order valence-corrected chi connectivity index (χ0v) is 18.2. The van der Waals surface area contributed by atoms with Crippen molar-refractivity contribution in [3.05, 3.63) is 55.0 Å². The van der Waals surface area contributed by atoms with E-state index in [-0.39, 0.29) is 11.8 Å². The number of fused-ring (bicyclic) bond motifs is 2. The Morgan fingerprint density at radius 1 is 1.06 bits per heavy atom. The van der Waals surface area contributed by atoms with Crippen LogP contribution in [0.3, 0.4) is 0 Å². The maximum atomic E-state index is 12.2. The minimum atomic E-state index is -3.12. The average Bonchev–Trinajstić information content (AvgIpc) is 3.27. The monoisotopic (exact) mass is 435 g/mol. The first-order chi connectivity index (χ1) is 15.0. The van der Waals surface area contributed by atoms with Crippen molar-refractivity contribution in [3.8, 4) is 11.1 Å². The molecule has 1 aliphatic heterocycles. The van der Waals surface area contributed by atoms with Gasteiger partial charge in [-0.1, -0.05) is 6.07 Å². The number of piperidine rings is 1. The molecular formula is C23H25N5O2S. The Morgan fingerprint density at radius 3 is 2.68 bits per heavy atom. The Hall–Kier alpha value is -2.97. The molecule has 0 radical (unpaired) electrons. The molecule has 0 amide bonds. The Bertz CT molecular complexity index is 1340. The summed E-state index contributed by atoms with van der Waals surface area (Å²) in [6.45, 7) is 2.81. The van der Waals surface area contributed by atoms with Crippen molar-refractivity contribution in [3.63, 3.8) is 0 Å². The van der Waals surface area contributed by atoms with Crippen LogP contribution in [0.2, 0.25) is 0 Å². The molecule has 1 fully saturated rings. The van der Waals surface area contributed by atoms with Crippen LogP contribution in [0.15, 0.2) is 55.0 Å². The second-order valence-electron chi connectivity index (χ2n) is 8.01. The highest BCUT2D eigenvalue weighted by Crippen LogP contribution is 2.33. The van der Waals surface area contributed by atoms with E-state index in [4.69, 9.17) is 0 Å². The van der Waals surface area contributed by atoms with Gasteiger partial charge in [-0.05, 0) is 66.6 Å². The Balaban J connectivity index is 1.46. The van der Waals surface area contributed by atoms with Crippen LogP contribution in [-0.2, 0) is 10.0 Å². The highest BCUT2D eigenvalue weighted by molar-refractivity contribution is 7.89. The Labute approximate surface area is 181 Å². The lowest BCUT2D eigenvalue weighted by atomic mass is 9.98. The first-order valence-corrected chi connectivity index (χ1v) is 12.2. The molecule has 4 aromatic rings. The number of hydrogen-bond acceptors (Lipinski definition) is 5. The number of sulfonamides is 1. The van der Waals surface area contributed by atoms with Crippen LogP contribution in [0, 0.1) is 0 Å². The van der Waals surface area contributed by atoms with Crippen LogP contribution >= 0.6 is 0 Å². The number of nitrogens with zero attached hydrogens (tertiary/aromatic N) is 3. The zero-order chi connectivity index (χ0) is 21.4. The number of anilines is 1. The molecule has 8 heteroatoms. The van der Waals surface area contributed by atoms with Gasteiger partial charge in [0.05, 0.1) is 17.5 Å². The number of H-pyrrole nitrogens is 1. The summed E-state index contributed by atoms with van der Waals surface area (Å²) < 4.78 is 25.9. The fourth-order valence-electron chi connectivity index (χ4n) is 4.29. The molecule has 0 atom stereocenters. The molecule has 1 aliphatic rings. The average molecular weight is 436 g/mol. The zero-order valence-electron chi connectivity index (χ0n) is 17.4. The van der Waals surface area contributed by atoms with Crippen LogP contribution in [0.5, 0.6) is 0 Å². The van der Waals surface area contributed by atoms with Gasteiger partial charge < -0.3 is 5.32 Å². The second kappa shape index (κ2) is 7.94. The van der Waals surface area contributed by atoms with Gasteiger partial charge in [0.25, 0.3) is 0 Å². The maximum Gasteiger partial charge on any atom is 0.213 e. The lowest BCUT2D eigenvalue weighted by molar-refractivity contribution is 0.330. The van der Waals surface area contributed by atoms with Crippen molar-refractivity contribution >= 4 is 37.4 Å². The summed E-state index contributed by atoms with van der Waals surface area (Å²) in [5, 5.41) is 14.1. The number of pyridine rings is 1. The molecular weight excluding hydrogens is 410 g/mol. The predicted octanol–water partition coefficient (Wildman–Crippen LogP) is 4.00. The number of rotatable bonds is 5. The van der Waals surface area contributed by atoms with Crippen molar-refractivity contribution in [2.75, 3.05) is 24.2 Å². The minimum Gasteiger partial charge on any atom is -0.382 e. The van der Waals surface area contributed by atoms with Gasteiger partial charge in [0.15, 0.2) is 0 Å². The SMILES string of the molecule is CCS(=O)(=O)N1CCC(Nc2cc(-c3ccc4[nH]ncc4c3)cc3ccncc23)CC1. The van der Waals surface area contributed by atoms with Gasteiger partial charge in [0, 0.05) is 48.0 Å². The highest BCUT2D eigenvalue weighted by atomic mass is 32.2. The number of aromatic amines is 1. The van der Waals surface area contributed by atoms with Crippen LogP contribution < -0.4 is 5.32 Å². The number of nitrogens with one attached hydrogen (secondary N) is 2. The van der Waals surface area contributed by atoms with Gasteiger partial charge in [-0.25, -0.2) is 12.7 Å². The molecule has 2 aromatic carbocycles. The van der Waals surface area contributed by atoms with Gasteiger partial charge in [-0.15, -0.1) is 0 Å². The van der Waals surface area contributed by atoms with Crippen molar-refractivity contribution < 1.29 is 8.42 Å². The molecule has 31 heavy (non-hydrogen) atoms. The lowest BCUT2D eigenvalue weighted by Gasteiger charge is -2.32. The molecule has 2 aromatic heterocycles. The lowest BCUT2D eigenvalue weighted by Crippen LogP contribution is -2.42. The fraction of sp³-hybridized carbons (Fsp3) is 0.304. The highest BCUT2D eigenvalue weighted by Gasteiger charge is 2.26. The second-order valence-corrected chi connectivity index (χ2v) is 10.3. The minimum absolute atomic E-state index is 0.157. The maximum absolute atomic E-state index is 12.2. The summed E-state index contributed by atoms with van der Waals surface area (Å²) in [5.74, 6) is 0.157. The smallest absolute Gasteiger partial charge is 0.213 e. The summed E-state index contributed by atoms with van der Waals surface area (Å²) in [4.78, 5) is 4.32. The van der Waals surface area contributed by atoms with Crippen LogP contribution in [0.1, 0.15) is 19.8 Å². The molecule has 1 saturated heterocycles. The van der Waals surface area contributed by atoms with E-state index in [1.165, 1.54) is 0 Å². The topological polar surface area (TPSA) is 91.0 Å². The van der Waals surface area contributed by atoms with Crippen molar-refractivity contribution in [1.29, 1.82) is 0 Å². The third-order valence-electron chi connectivity index (χ3n) is 6.10. The molecule has 0 unspecified atom stereocenters. The van der Waals surface area contributed by atoms with E-state index in [0.29, 0.717) is 13.1 Å². The molecule has 0 spiro atoms. The molecule has 5 rings (SSSR count). The van der Waals surface area contributed by atoms with Crippen molar-refractivity contribution in [1.82, 2.24) is 19.5 Å². The predicted molar refractivity (Wildman–Crippen MR) is 125 cm³/mol. The van der Waals surface area contributed by atoms with E-state index in [1.807, 2.05) is 30.7 Å². The molecule has 0 saturated carbocycles. The first kappa shape index (κ1) is 20.0. The molecule has 3 heterocycles. The number of aromatic nitrogens is 3. The van der Waals surface area contributed by atoms with Gasteiger partial charge in [-0.2, -0.15) is 5.10 Å². The van der Waals surface area contributed by atoms with E-state index >= 15 is 0 Å². The number of benzene rings is 2. The van der Waals surface area contributed by atoms with E-state index in [1.54, 1.807) is 11.2 Å². The third-order valence-corrected chi connectivity index (χ3v) is 7.98. The van der Waals surface area contributed by atoms with Gasteiger partial charge in [-0.3, -0.25) is 10.1 Å². The normalized spacial score (nSPS) is 16.2. The van der Waals surface area contributed by atoms with Gasteiger partial charge in [0.1, 0.15) is 0 Å².